The molecule has 0 heterocycles. The van der Waals surface area contributed by atoms with Gasteiger partial charge in [0.05, 0.1) is 7.11 Å². The molecule has 0 atom stereocenters. The molecule has 0 saturated carbocycles. The highest BCUT2D eigenvalue weighted by Gasteiger charge is 2.06. The van der Waals surface area contributed by atoms with Crippen LogP contribution in [-0.4, -0.2) is 7.11 Å². The summed E-state index contributed by atoms with van der Waals surface area (Å²) in [5.41, 5.74) is 2.06. The second kappa shape index (κ2) is 7.34. The molecule has 2 nitrogen and oxygen atoms in total. The molecule has 20 heavy (non-hydrogen) atoms. The molecule has 0 spiro atoms. The molecule has 5 heteroatoms. The Kier molecular flexibility index (Phi) is 5.75. The average molecular weight is 421 g/mol. The van der Waals surface area contributed by atoms with Gasteiger partial charge in [0.2, 0.25) is 0 Å². The zero-order valence-electron chi connectivity index (χ0n) is 10.8. The van der Waals surface area contributed by atoms with Crippen LogP contribution < -0.4 is 9.47 Å². The van der Waals surface area contributed by atoms with Crippen molar-refractivity contribution in [1.82, 2.24) is 0 Å². The fraction of sp³-hybridized carbons (Fsp3) is 0.200. The third-order valence-corrected chi connectivity index (χ3v) is 4.41. The summed E-state index contributed by atoms with van der Waals surface area (Å²) >= 11 is 12.9. The van der Waals surface area contributed by atoms with Crippen molar-refractivity contribution in [2.24, 2.45) is 0 Å². The summed E-state index contributed by atoms with van der Waals surface area (Å²) in [5, 5.41) is 1.44. The van der Waals surface area contributed by atoms with Crippen LogP contribution in [0.5, 0.6) is 11.5 Å². The Morgan fingerprint density at radius 2 is 1.90 bits per heavy atom. The normalized spacial score (nSPS) is 10.4. The second-order valence-electron chi connectivity index (χ2n) is 4.13. The summed E-state index contributed by atoms with van der Waals surface area (Å²) in [4.78, 5) is 0. The van der Waals surface area contributed by atoms with E-state index in [0.717, 1.165) is 32.4 Å². The molecule has 2 aromatic carbocycles. The van der Waals surface area contributed by atoms with Gasteiger partial charge in [-0.25, -0.2) is 0 Å². The molecule has 0 radical (unpaired) electrons. The molecule has 0 fully saturated rings. The van der Waals surface area contributed by atoms with E-state index in [9.17, 15) is 0 Å². The van der Waals surface area contributed by atoms with E-state index in [1.165, 1.54) is 0 Å². The fourth-order valence-electron chi connectivity index (χ4n) is 1.76. The Morgan fingerprint density at radius 1 is 1.10 bits per heavy atom. The molecule has 0 saturated heterocycles. The number of rotatable bonds is 5. The molecule has 2 rings (SSSR count). The van der Waals surface area contributed by atoms with Crippen LogP contribution in [0.4, 0.5) is 0 Å². The Labute approximate surface area is 140 Å². The molecule has 0 aliphatic carbocycles. The maximum atomic E-state index is 6.00. The van der Waals surface area contributed by atoms with Crippen LogP contribution in [0.1, 0.15) is 11.1 Å². The first kappa shape index (κ1) is 15.7. The van der Waals surface area contributed by atoms with E-state index in [1.54, 1.807) is 13.2 Å². The highest BCUT2D eigenvalue weighted by molar-refractivity contribution is 9.10. The van der Waals surface area contributed by atoms with Crippen molar-refractivity contribution in [2.75, 3.05) is 7.11 Å². The van der Waals surface area contributed by atoms with Gasteiger partial charge in [0.1, 0.15) is 18.1 Å². The second-order valence-corrected chi connectivity index (χ2v) is 5.98. The van der Waals surface area contributed by atoms with E-state index < -0.39 is 0 Å². The van der Waals surface area contributed by atoms with Crippen molar-refractivity contribution in [3.05, 3.63) is 57.0 Å². The number of alkyl halides is 1. The molecular formula is C15H13Br2ClO2. The Bertz CT molecular complexity index is 602. The van der Waals surface area contributed by atoms with Crippen LogP contribution in [0.2, 0.25) is 5.02 Å². The standard InChI is InChI=1S/C15H13Br2ClO2/c1-19-15-5-2-12(18)6-11(15)9-20-13-3-4-14(17)10(7-13)8-16/h2-7H,8-9H2,1H3. The van der Waals surface area contributed by atoms with Crippen LogP contribution in [0.15, 0.2) is 40.9 Å². The molecule has 0 aliphatic heterocycles. The van der Waals surface area contributed by atoms with Gasteiger partial charge < -0.3 is 9.47 Å². The van der Waals surface area contributed by atoms with Crippen molar-refractivity contribution in [1.29, 1.82) is 0 Å². The van der Waals surface area contributed by atoms with Crippen LogP contribution in [0.25, 0.3) is 0 Å². The lowest BCUT2D eigenvalue weighted by atomic mass is 10.2. The van der Waals surface area contributed by atoms with E-state index in [0.29, 0.717) is 11.6 Å². The first-order valence-corrected chi connectivity index (χ1v) is 8.23. The minimum absolute atomic E-state index is 0.410. The predicted octanol–water partition coefficient (Wildman–Crippen LogP) is 5.59. The number of ether oxygens (including phenoxy) is 2. The minimum atomic E-state index is 0.410. The van der Waals surface area contributed by atoms with Gasteiger partial charge in [-0.05, 0) is 42.0 Å². The SMILES string of the molecule is COc1ccc(Cl)cc1COc1ccc(Br)c(CBr)c1. The van der Waals surface area contributed by atoms with Gasteiger partial charge in [-0.2, -0.15) is 0 Å². The predicted molar refractivity (Wildman–Crippen MR) is 89.1 cm³/mol. The van der Waals surface area contributed by atoms with Gasteiger partial charge in [-0.15, -0.1) is 0 Å². The summed E-state index contributed by atoms with van der Waals surface area (Å²) < 4.78 is 12.2. The number of benzene rings is 2. The zero-order valence-corrected chi connectivity index (χ0v) is 14.8. The molecule has 0 N–H and O–H groups in total. The number of halogens is 3. The minimum Gasteiger partial charge on any atom is -0.496 e. The Hall–Kier alpha value is -0.710. The van der Waals surface area contributed by atoms with Gasteiger partial charge in [0, 0.05) is 20.4 Å². The topological polar surface area (TPSA) is 18.5 Å². The van der Waals surface area contributed by atoms with Crippen LogP contribution in [-0.2, 0) is 11.9 Å². The smallest absolute Gasteiger partial charge is 0.125 e. The molecule has 0 aromatic heterocycles. The number of hydrogen-bond acceptors (Lipinski definition) is 2. The van der Waals surface area contributed by atoms with Crippen molar-refractivity contribution in [3.8, 4) is 11.5 Å². The number of methoxy groups -OCH3 is 1. The lowest BCUT2D eigenvalue weighted by Gasteiger charge is -2.12. The lowest BCUT2D eigenvalue weighted by molar-refractivity contribution is 0.296. The van der Waals surface area contributed by atoms with Crippen LogP contribution in [0, 0.1) is 0 Å². The van der Waals surface area contributed by atoms with E-state index in [2.05, 4.69) is 31.9 Å². The third-order valence-electron chi connectivity index (χ3n) is 2.80. The van der Waals surface area contributed by atoms with E-state index >= 15 is 0 Å². The lowest BCUT2D eigenvalue weighted by Crippen LogP contribution is -1.99. The van der Waals surface area contributed by atoms with Gasteiger partial charge >= 0.3 is 0 Å². The van der Waals surface area contributed by atoms with Crippen molar-refractivity contribution < 1.29 is 9.47 Å². The summed E-state index contributed by atoms with van der Waals surface area (Å²) in [6.07, 6.45) is 0. The molecular weight excluding hydrogens is 407 g/mol. The van der Waals surface area contributed by atoms with Gasteiger partial charge in [0.15, 0.2) is 0 Å². The Balaban J connectivity index is 2.14. The highest BCUT2D eigenvalue weighted by atomic mass is 79.9. The van der Waals surface area contributed by atoms with Crippen molar-refractivity contribution >= 4 is 43.5 Å². The summed E-state index contributed by atoms with van der Waals surface area (Å²) in [7, 11) is 1.63. The maximum absolute atomic E-state index is 6.00. The third kappa shape index (κ3) is 3.90. The Morgan fingerprint density at radius 3 is 2.60 bits per heavy atom. The van der Waals surface area contributed by atoms with Crippen LogP contribution >= 0.6 is 43.5 Å². The van der Waals surface area contributed by atoms with Gasteiger partial charge in [0.25, 0.3) is 0 Å². The maximum Gasteiger partial charge on any atom is 0.125 e. The summed E-state index contributed by atoms with van der Waals surface area (Å²) in [6.45, 7) is 0.410. The van der Waals surface area contributed by atoms with Crippen molar-refractivity contribution in [2.45, 2.75) is 11.9 Å². The van der Waals surface area contributed by atoms with Gasteiger partial charge in [-0.1, -0.05) is 43.5 Å². The van der Waals surface area contributed by atoms with Crippen LogP contribution in [0.3, 0.4) is 0 Å². The molecule has 106 valence electrons. The number of hydrogen-bond donors (Lipinski definition) is 0. The molecule has 0 bridgehead atoms. The molecule has 2 aromatic rings. The molecule has 0 unspecified atom stereocenters. The van der Waals surface area contributed by atoms with Crippen molar-refractivity contribution in [3.63, 3.8) is 0 Å². The monoisotopic (exact) mass is 418 g/mol. The fourth-order valence-corrected chi connectivity index (χ4v) is 3.19. The van der Waals surface area contributed by atoms with E-state index in [1.807, 2.05) is 30.3 Å². The van der Waals surface area contributed by atoms with E-state index in [-0.39, 0.29) is 0 Å². The summed E-state index contributed by atoms with van der Waals surface area (Å²) in [6, 6.07) is 11.4. The van der Waals surface area contributed by atoms with E-state index in [4.69, 9.17) is 21.1 Å². The first-order valence-electron chi connectivity index (χ1n) is 5.93. The average Bonchev–Trinajstić information content (AvgIpc) is 2.46. The molecule has 0 aliphatic rings. The molecule has 0 amide bonds. The highest BCUT2D eigenvalue weighted by Crippen LogP contribution is 2.27. The first-order chi connectivity index (χ1) is 9.63. The van der Waals surface area contributed by atoms with Gasteiger partial charge in [-0.3, -0.25) is 0 Å². The zero-order chi connectivity index (χ0) is 14.5. The largest absolute Gasteiger partial charge is 0.496 e. The quantitative estimate of drug-likeness (QED) is 0.588. The summed E-state index contributed by atoms with van der Waals surface area (Å²) in [5.74, 6) is 1.58.